The summed E-state index contributed by atoms with van der Waals surface area (Å²) in [7, 11) is 0. The number of aryl methyl sites for hydroxylation is 2. The van der Waals surface area contributed by atoms with Crippen LogP contribution in [-0.2, 0) is 17.6 Å². The molecule has 2 atom stereocenters. The van der Waals surface area contributed by atoms with Crippen LogP contribution in [0.4, 0.5) is 0 Å². The van der Waals surface area contributed by atoms with Crippen LogP contribution in [0.1, 0.15) is 49.9 Å². The number of nitrogens with two attached hydrogens (primary N) is 1. The molecule has 1 aromatic carbocycles. The first-order valence-corrected chi connectivity index (χ1v) is 7.16. The first-order chi connectivity index (χ1) is 8.99. The molecule has 104 valence electrons. The number of fused-ring (bicyclic) bond motifs is 1. The normalized spacial score (nSPS) is 17.3. The molecular weight excluding hydrogens is 236 g/mol. The molecule has 2 unspecified atom stereocenters. The monoisotopic (exact) mass is 260 g/mol. The summed E-state index contributed by atoms with van der Waals surface area (Å²) in [5.74, 6) is -0.0719. The second kappa shape index (κ2) is 5.74. The van der Waals surface area contributed by atoms with E-state index in [2.05, 4.69) is 30.4 Å². The molecule has 1 aromatic rings. The molecule has 3 N–H and O–H groups in total. The topological polar surface area (TPSA) is 55.1 Å². The predicted octanol–water partition coefficient (Wildman–Crippen LogP) is 2.34. The second-order valence-corrected chi connectivity index (χ2v) is 5.89. The van der Waals surface area contributed by atoms with Gasteiger partial charge in [-0.2, -0.15) is 0 Å². The van der Waals surface area contributed by atoms with Gasteiger partial charge in [-0.1, -0.05) is 32.0 Å². The molecule has 1 aliphatic carbocycles. The fourth-order valence-electron chi connectivity index (χ4n) is 2.83. The van der Waals surface area contributed by atoms with E-state index >= 15 is 0 Å². The second-order valence-electron chi connectivity index (χ2n) is 5.89. The summed E-state index contributed by atoms with van der Waals surface area (Å²) >= 11 is 0. The van der Waals surface area contributed by atoms with Crippen LogP contribution in [0.5, 0.6) is 0 Å². The van der Waals surface area contributed by atoms with Gasteiger partial charge >= 0.3 is 0 Å². The maximum absolute atomic E-state index is 11.5. The maximum atomic E-state index is 11.5. The number of benzene rings is 1. The van der Waals surface area contributed by atoms with Crippen molar-refractivity contribution in [1.29, 1.82) is 0 Å². The summed E-state index contributed by atoms with van der Waals surface area (Å²) in [5.41, 5.74) is 9.64. The third-order valence-corrected chi connectivity index (χ3v) is 4.03. The molecule has 0 saturated heterocycles. The molecule has 2 rings (SSSR count). The van der Waals surface area contributed by atoms with Gasteiger partial charge < -0.3 is 5.73 Å². The molecule has 19 heavy (non-hydrogen) atoms. The Hall–Kier alpha value is -1.35. The van der Waals surface area contributed by atoms with Crippen molar-refractivity contribution in [3.8, 4) is 0 Å². The zero-order chi connectivity index (χ0) is 14.0. The van der Waals surface area contributed by atoms with Crippen LogP contribution < -0.4 is 11.1 Å². The van der Waals surface area contributed by atoms with Gasteiger partial charge in [0.25, 0.3) is 0 Å². The van der Waals surface area contributed by atoms with Crippen molar-refractivity contribution in [1.82, 2.24) is 5.32 Å². The lowest BCUT2D eigenvalue weighted by Gasteiger charge is -2.24. The van der Waals surface area contributed by atoms with E-state index in [1.54, 1.807) is 0 Å². The number of primary amides is 1. The average molecular weight is 260 g/mol. The molecule has 0 aliphatic heterocycles. The average Bonchev–Trinajstić information content (AvgIpc) is 2.81. The van der Waals surface area contributed by atoms with Crippen molar-refractivity contribution in [2.24, 2.45) is 11.7 Å². The van der Waals surface area contributed by atoms with Crippen LogP contribution in [-0.4, -0.2) is 11.9 Å². The van der Waals surface area contributed by atoms with E-state index in [4.69, 9.17) is 5.73 Å². The summed E-state index contributed by atoms with van der Waals surface area (Å²) < 4.78 is 0. The van der Waals surface area contributed by atoms with Crippen LogP contribution in [0.15, 0.2) is 18.2 Å². The maximum Gasteiger partial charge on any atom is 0.234 e. The highest BCUT2D eigenvalue weighted by molar-refractivity contribution is 5.80. The van der Waals surface area contributed by atoms with E-state index in [1.165, 1.54) is 36.0 Å². The minimum Gasteiger partial charge on any atom is -0.368 e. The number of hydrogen-bond acceptors (Lipinski definition) is 2. The zero-order valence-corrected chi connectivity index (χ0v) is 12.1. The van der Waals surface area contributed by atoms with Crippen molar-refractivity contribution >= 4 is 5.91 Å². The Morgan fingerprint density at radius 1 is 1.21 bits per heavy atom. The van der Waals surface area contributed by atoms with Gasteiger partial charge in [0.1, 0.15) is 0 Å². The standard InChI is InChI=1S/C16H24N2O/c1-10(2)15(16(17)19)18-11(3)13-8-7-12-5-4-6-14(12)9-13/h7-11,15,18H,4-6H2,1-3H3,(H2,17,19). The van der Waals surface area contributed by atoms with Crippen molar-refractivity contribution in [3.63, 3.8) is 0 Å². The van der Waals surface area contributed by atoms with E-state index in [9.17, 15) is 4.79 Å². The van der Waals surface area contributed by atoms with Gasteiger partial charge in [0.2, 0.25) is 5.91 Å². The number of carbonyl (C=O) groups excluding carboxylic acids is 1. The summed E-state index contributed by atoms with van der Waals surface area (Å²) in [6, 6.07) is 6.54. The summed E-state index contributed by atoms with van der Waals surface area (Å²) in [6.07, 6.45) is 3.64. The van der Waals surface area contributed by atoms with E-state index < -0.39 is 0 Å². The lowest BCUT2D eigenvalue weighted by molar-refractivity contribution is -0.121. The van der Waals surface area contributed by atoms with Gasteiger partial charge in [0, 0.05) is 6.04 Å². The summed E-state index contributed by atoms with van der Waals surface area (Å²) in [6.45, 7) is 6.12. The molecule has 0 fully saturated rings. The van der Waals surface area contributed by atoms with Crippen molar-refractivity contribution in [2.45, 2.75) is 52.1 Å². The van der Waals surface area contributed by atoms with Gasteiger partial charge in [-0.3, -0.25) is 10.1 Å². The number of hydrogen-bond donors (Lipinski definition) is 2. The summed E-state index contributed by atoms with van der Waals surface area (Å²) in [5, 5.41) is 3.35. The highest BCUT2D eigenvalue weighted by atomic mass is 16.1. The number of carbonyl (C=O) groups is 1. The van der Waals surface area contributed by atoms with Crippen LogP contribution in [0.25, 0.3) is 0 Å². The van der Waals surface area contributed by atoms with Crippen LogP contribution in [0.3, 0.4) is 0 Å². The van der Waals surface area contributed by atoms with Crippen molar-refractivity contribution in [2.75, 3.05) is 0 Å². The molecule has 0 heterocycles. The Morgan fingerprint density at radius 2 is 1.89 bits per heavy atom. The molecule has 0 aromatic heterocycles. The van der Waals surface area contributed by atoms with Crippen molar-refractivity contribution < 1.29 is 4.79 Å². The van der Waals surface area contributed by atoms with Crippen molar-refractivity contribution in [3.05, 3.63) is 34.9 Å². The SMILES string of the molecule is CC(NC(C(N)=O)C(C)C)c1ccc2c(c1)CCC2. The van der Waals surface area contributed by atoms with Gasteiger partial charge in [-0.25, -0.2) is 0 Å². The number of nitrogens with one attached hydrogen (secondary N) is 1. The van der Waals surface area contributed by atoms with Crippen LogP contribution in [0, 0.1) is 5.92 Å². The first-order valence-electron chi connectivity index (χ1n) is 7.16. The molecule has 1 aliphatic rings. The molecule has 0 bridgehead atoms. The molecule has 0 saturated carbocycles. The van der Waals surface area contributed by atoms with Crippen LogP contribution >= 0.6 is 0 Å². The van der Waals surface area contributed by atoms with Gasteiger partial charge in [-0.15, -0.1) is 0 Å². The lowest BCUT2D eigenvalue weighted by Crippen LogP contribution is -2.45. The van der Waals surface area contributed by atoms with Gasteiger partial charge in [-0.05, 0) is 48.8 Å². The van der Waals surface area contributed by atoms with E-state index in [1.807, 2.05) is 13.8 Å². The number of amides is 1. The Kier molecular flexibility index (Phi) is 4.25. The van der Waals surface area contributed by atoms with Crippen LogP contribution in [0.2, 0.25) is 0 Å². The minimum absolute atomic E-state index is 0.144. The van der Waals surface area contributed by atoms with E-state index in [0.29, 0.717) is 0 Å². The minimum atomic E-state index is -0.275. The molecule has 3 heteroatoms. The largest absolute Gasteiger partial charge is 0.368 e. The highest BCUT2D eigenvalue weighted by Crippen LogP contribution is 2.25. The summed E-state index contributed by atoms with van der Waals surface area (Å²) in [4.78, 5) is 11.5. The molecule has 1 amide bonds. The fraction of sp³-hybridized carbons (Fsp3) is 0.562. The van der Waals surface area contributed by atoms with Gasteiger partial charge in [0.15, 0.2) is 0 Å². The Morgan fingerprint density at radius 3 is 2.53 bits per heavy atom. The molecule has 3 nitrogen and oxygen atoms in total. The Labute approximate surface area is 115 Å². The zero-order valence-electron chi connectivity index (χ0n) is 12.1. The molecule has 0 radical (unpaired) electrons. The number of rotatable bonds is 5. The third-order valence-electron chi connectivity index (χ3n) is 4.03. The third kappa shape index (κ3) is 3.16. The molecular formula is C16H24N2O. The van der Waals surface area contributed by atoms with Gasteiger partial charge in [0.05, 0.1) is 6.04 Å². The highest BCUT2D eigenvalue weighted by Gasteiger charge is 2.22. The lowest BCUT2D eigenvalue weighted by atomic mass is 9.98. The smallest absolute Gasteiger partial charge is 0.234 e. The van der Waals surface area contributed by atoms with E-state index in [-0.39, 0.29) is 23.9 Å². The van der Waals surface area contributed by atoms with E-state index in [0.717, 1.165) is 0 Å². The predicted molar refractivity (Wildman–Crippen MR) is 77.8 cm³/mol. The Balaban J connectivity index is 2.11. The quantitative estimate of drug-likeness (QED) is 0.853. The Bertz CT molecular complexity index is 468. The molecule has 0 spiro atoms. The fourth-order valence-corrected chi connectivity index (χ4v) is 2.83. The first kappa shape index (κ1) is 14.1.